The van der Waals surface area contributed by atoms with E-state index in [0.29, 0.717) is 5.57 Å². The number of H-pyrrole nitrogens is 1. The summed E-state index contributed by atoms with van der Waals surface area (Å²) < 4.78 is 0. The van der Waals surface area contributed by atoms with Crippen LogP contribution in [0.25, 0.3) is 10.9 Å². The van der Waals surface area contributed by atoms with Crippen molar-refractivity contribution in [3.05, 3.63) is 64.4 Å². The largest absolute Gasteiger partial charge is 0.478 e. The number of allylic oxidation sites excluding steroid dienone is 4. The van der Waals surface area contributed by atoms with Crippen molar-refractivity contribution >= 4 is 28.6 Å². The Labute approximate surface area is 170 Å². The van der Waals surface area contributed by atoms with Gasteiger partial charge in [0.2, 0.25) is 0 Å². The predicted octanol–water partition coefficient (Wildman–Crippen LogP) is 6.16. The number of benzene rings is 1. The number of carbonyl (C=O) groups is 1. The van der Waals surface area contributed by atoms with Gasteiger partial charge in [-0.15, -0.1) is 11.8 Å². The number of aromatic nitrogens is 1. The zero-order valence-corrected chi connectivity index (χ0v) is 17.6. The third-order valence-corrected chi connectivity index (χ3v) is 6.95. The number of thioether (sulfide) groups is 1. The summed E-state index contributed by atoms with van der Waals surface area (Å²) in [6, 6.07) is 6.73. The molecule has 2 aromatic rings. The van der Waals surface area contributed by atoms with Gasteiger partial charge in [0, 0.05) is 26.9 Å². The third-order valence-electron chi connectivity index (χ3n) is 6.23. The van der Waals surface area contributed by atoms with Gasteiger partial charge >= 0.3 is 5.97 Å². The lowest BCUT2D eigenvalue weighted by atomic mass is 9.90. The van der Waals surface area contributed by atoms with Crippen LogP contribution in [-0.4, -0.2) is 22.3 Å². The van der Waals surface area contributed by atoms with Crippen molar-refractivity contribution in [3.63, 3.8) is 0 Å². The number of hydrogen-bond acceptors (Lipinski definition) is 2. The van der Waals surface area contributed by atoms with Crippen LogP contribution in [0.2, 0.25) is 0 Å². The van der Waals surface area contributed by atoms with Crippen LogP contribution >= 0.6 is 11.8 Å². The maximum atomic E-state index is 11.4. The van der Waals surface area contributed by atoms with E-state index in [2.05, 4.69) is 42.4 Å². The number of aromatic amines is 1. The van der Waals surface area contributed by atoms with Gasteiger partial charge < -0.3 is 10.1 Å². The Morgan fingerprint density at radius 2 is 2.07 bits per heavy atom. The molecule has 1 saturated carbocycles. The van der Waals surface area contributed by atoms with Crippen molar-refractivity contribution in [3.8, 4) is 0 Å². The molecule has 0 radical (unpaired) electrons. The zero-order chi connectivity index (χ0) is 19.9. The lowest BCUT2D eigenvalue weighted by Gasteiger charge is -2.15. The number of fused-ring (bicyclic) bond motifs is 1. The van der Waals surface area contributed by atoms with Crippen LogP contribution in [0, 0.1) is 0 Å². The van der Waals surface area contributed by atoms with Gasteiger partial charge in [0.1, 0.15) is 0 Å². The highest BCUT2D eigenvalue weighted by Gasteiger charge is 2.42. The van der Waals surface area contributed by atoms with E-state index < -0.39 is 5.97 Å². The second kappa shape index (κ2) is 7.32. The van der Waals surface area contributed by atoms with Gasteiger partial charge in [-0.2, -0.15) is 0 Å². The first-order chi connectivity index (χ1) is 13.4. The lowest BCUT2D eigenvalue weighted by Crippen LogP contribution is -2.06. The molecule has 2 N–H and O–H groups in total. The van der Waals surface area contributed by atoms with Crippen molar-refractivity contribution in [1.82, 2.24) is 4.98 Å². The quantitative estimate of drug-likeness (QED) is 0.598. The standard InChI is InChI=1S/C24H27NO2S/c1-15-7-8-16(5-4-6-18(15)23(26)27)13-20-19-10-9-17(28-3)14-21(19)25-22(20)24(2)11-12-24/h4-6,9-10,14,25H,7-8,11-13H2,1-3H3,(H,26,27)/b6-4-,16-5+,18-15-. The highest BCUT2D eigenvalue weighted by molar-refractivity contribution is 7.98. The first kappa shape index (κ1) is 19.1. The van der Waals surface area contributed by atoms with E-state index in [9.17, 15) is 9.90 Å². The SMILES string of the molecule is CSc1ccc2c(C/C3=C/C=C\C(C(=O)O)=C(/C)CC3)c(C3(C)CC3)[nH]c2c1. The zero-order valence-electron chi connectivity index (χ0n) is 16.8. The number of carboxylic acids is 1. The molecule has 0 bridgehead atoms. The molecule has 0 spiro atoms. The summed E-state index contributed by atoms with van der Waals surface area (Å²) in [5.41, 5.74) is 7.06. The van der Waals surface area contributed by atoms with Crippen LogP contribution in [0.1, 0.15) is 50.8 Å². The van der Waals surface area contributed by atoms with Crippen molar-refractivity contribution in [2.45, 2.75) is 56.3 Å². The fraction of sp³-hybridized carbons (Fsp3) is 0.375. The molecule has 1 aromatic heterocycles. The second-order valence-electron chi connectivity index (χ2n) is 8.31. The number of aliphatic carboxylic acids is 1. The number of carboxylic acid groups (broad SMARTS) is 1. The minimum absolute atomic E-state index is 0.276. The topological polar surface area (TPSA) is 53.1 Å². The van der Waals surface area contributed by atoms with Crippen LogP contribution < -0.4 is 0 Å². The van der Waals surface area contributed by atoms with Crippen LogP contribution in [0.5, 0.6) is 0 Å². The van der Waals surface area contributed by atoms with E-state index in [4.69, 9.17) is 0 Å². The lowest BCUT2D eigenvalue weighted by molar-refractivity contribution is -0.132. The summed E-state index contributed by atoms with van der Waals surface area (Å²) in [6.07, 6.45) is 13.0. The highest BCUT2D eigenvalue weighted by Crippen LogP contribution is 2.50. The Morgan fingerprint density at radius 3 is 2.75 bits per heavy atom. The molecule has 1 aromatic carbocycles. The van der Waals surface area contributed by atoms with Crippen LogP contribution in [0.4, 0.5) is 0 Å². The molecule has 2 aliphatic rings. The molecule has 0 amide bonds. The molecule has 1 fully saturated rings. The molecule has 0 saturated heterocycles. The molecule has 4 rings (SSSR count). The summed E-state index contributed by atoms with van der Waals surface area (Å²) in [5, 5.41) is 10.7. The second-order valence-corrected chi connectivity index (χ2v) is 9.19. The highest BCUT2D eigenvalue weighted by atomic mass is 32.2. The molecule has 1 heterocycles. The fourth-order valence-corrected chi connectivity index (χ4v) is 4.55. The Kier molecular flexibility index (Phi) is 5.00. The normalized spacial score (nSPS) is 24.3. The summed E-state index contributed by atoms with van der Waals surface area (Å²) in [5.74, 6) is -0.837. The molecule has 146 valence electrons. The van der Waals surface area contributed by atoms with E-state index in [1.54, 1.807) is 17.8 Å². The van der Waals surface area contributed by atoms with Crippen molar-refractivity contribution in [1.29, 1.82) is 0 Å². The molecule has 0 aliphatic heterocycles. The van der Waals surface area contributed by atoms with Gasteiger partial charge in [0.25, 0.3) is 0 Å². The maximum absolute atomic E-state index is 11.4. The molecule has 0 atom stereocenters. The Bertz CT molecular complexity index is 1030. The van der Waals surface area contributed by atoms with Crippen molar-refractivity contribution < 1.29 is 9.90 Å². The van der Waals surface area contributed by atoms with E-state index in [1.807, 2.05) is 13.0 Å². The minimum Gasteiger partial charge on any atom is -0.478 e. The summed E-state index contributed by atoms with van der Waals surface area (Å²) in [6.45, 7) is 4.29. The van der Waals surface area contributed by atoms with E-state index in [-0.39, 0.29) is 5.41 Å². The molecule has 0 unspecified atom stereocenters. The van der Waals surface area contributed by atoms with Crippen LogP contribution in [0.15, 0.2) is 58.0 Å². The first-order valence-corrected chi connectivity index (χ1v) is 11.1. The van der Waals surface area contributed by atoms with Crippen molar-refractivity contribution in [2.75, 3.05) is 6.26 Å². The average Bonchev–Trinajstić information content (AvgIpc) is 3.30. The minimum atomic E-state index is -0.837. The molecule has 3 nitrogen and oxygen atoms in total. The molecule has 4 heteroatoms. The molecule has 2 aliphatic carbocycles. The van der Waals surface area contributed by atoms with E-state index >= 15 is 0 Å². The van der Waals surface area contributed by atoms with Gasteiger partial charge in [0.05, 0.1) is 5.57 Å². The van der Waals surface area contributed by atoms with Crippen LogP contribution in [0.3, 0.4) is 0 Å². The predicted molar refractivity (Wildman–Crippen MR) is 117 cm³/mol. The van der Waals surface area contributed by atoms with Crippen LogP contribution in [-0.2, 0) is 16.6 Å². The number of rotatable bonds is 5. The summed E-state index contributed by atoms with van der Waals surface area (Å²) in [7, 11) is 0. The van der Waals surface area contributed by atoms with Gasteiger partial charge in [-0.25, -0.2) is 4.79 Å². The number of nitrogens with one attached hydrogen (secondary N) is 1. The fourth-order valence-electron chi connectivity index (χ4n) is 4.11. The van der Waals surface area contributed by atoms with Gasteiger partial charge in [0.15, 0.2) is 0 Å². The average molecular weight is 394 g/mol. The monoisotopic (exact) mass is 393 g/mol. The maximum Gasteiger partial charge on any atom is 0.335 e. The van der Waals surface area contributed by atoms with Gasteiger partial charge in [-0.3, -0.25) is 0 Å². The number of hydrogen-bond donors (Lipinski definition) is 2. The van der Waals surface area contributed by atoms with Gasteiger partial charge in [-0.1, -0.05) is 36.3 Å². The Balaban J connectivity index is 1.71. The first-order valence-electron chi connectivity index (χ1n) is 9.89. The van der Waals surface area contributed by atoms with E-state index in [1.165, 1.54) is 45.5 Å². The van der Waals surface area contributed by atoms with E-state index in [0.717, 1.165) is 24.8 Å². The molecule has 28 heavy (non-hydrogen) atoms. The Morgan fingerprint density at radius 1 is 1.29 bits per heavy atom. The summed E-state index contributed by atoms with van der Waals surface area (Å²) >= 11 is 1.77. The van der Waals surface area contributed by atoms with Crippen molar-refractivity contribution in [2.24, 2.45) is 0 Å². The Hall–Kier alpha value is -2.20. The van der Waals surface area contributed by atoms with Gasteiger partial charge in [-0.05, 0) is 69.1 Å². The molecular weight excluding hydrogens is 366 g/mol. The third kappa shape index (κ3) is 3.58. The smallest absolute Gasteiger partial charge is 0.335 e. The summed E-state index contributed by atoms with van der Waals surface area (Å²) in [4.78, 5) is 16.4. The molecular formula is C24H27NO2S.